The first-order valence-corrected chi connectivity index (χ1v) is 9.82. The molecule has 3 N–H and O–H groups in total. The summed E-state index contributed by atoms with van der Waals surface area (Å²) in [6, 6.07) is 12.2. The van der Waals surface area contributed by atoms with Crippen molar-refractivity contribution in [1.29, 1.82) is 0 Å². The van der Waals surface area contributed by atoms with E-state index in [1.165, 1.54) is 11.3 Å². The molecule has 0 aliphatic carbocycles. The Hall–Kier alpha value is -2.68. The number of rotatable bonds is 4. The highest BCUT2D eigenvalue weighted by atomic mass is 32.2. The van der Waals surface area contributed by atoms with Gasteiger partial charge in [-0.2, -0.15) is 0 Å². The van der Waals surface area contributed by atoms with Crippen LogP contribution in [0.5, 0.6) is 5.75 Å². The number of anilines is 1. The van der Waals surface area contributed by atoms with Crippen LogP contribution in [-0.2, 0) is 11.1 Å². The number of phenolic OH excluding ortho intramolecular Hbond substituents is 1. The van der Waals surface area contributed by atoms with Gasteiger partial charge in [0.1, 0.15) is 10.4 Å². The molecule has 132 valence electrons. The first kappa shape index (κ1) is 16.8. The Labute approximate surface area is 154 Å². The second-order valence-electron chi connectivity index (χ2n) is 5.70. The van der Waals surface area contributed by atoms with Gasteiger partial charge < -0.3 is 20.0 Å². The van der Waals surface area contributed by atoms with Crippen LogP contribution >= 0.6 is 11.3 Å². The molecule has 0 saturated carbocycles. The van der Waals surface area contributed by atoms with Crippen LogP contribution in [0, 0.1) is 0 Å². The molecule has 6 nitrogen and oxygen atoms in total. The molecule has 0 radical (unpaired) electrons. The fourth-order valence-corrected chi connectivity index (χ4v) is 4.11. The molecule has 0 bridgehead atoms. The van der Waals surface area contributed by atoms with E-state index < -0.39 is 11.1 Å². The number of nitrogens with one attached hydrogen (secondary N) is 2. The third-order valence-corrected chi connectivity index (χ3v) is 5.43. The number of aromatic nitrogens is 1. The van der Waals surface area contributed by atoms with Crippen LogP contribution in [0.3, 0.4) is 0 Å². The van der Waals surface area contributed by atoms with E-state index in [1.54, 1.807) is 36.4 Å². The summed E-state index contributed by atoms with van der Waals surface area (Å²) in [6.07, 6.45) is 0. The maximum atomic E-state index is 12.2. The van der Waals surface area contributed by atoms with Gasteiger partial charge in [-0.15, -0.1) is 11.3 Å². The van der Waals surface area contributed by atoms with E-state index in [0.29, 0.717) is 21.5 Å². The summed E-state index contributed by atoms with van der Waals surface area (Å²) in [4.78, 5) is 15.1. The molecule has 1 unspecified atom stereocenters. The van der Waals surface area contributed by atoms with Crippen molar-refractivity contribution in [2.24, 2.45) is 0 Å². The lowest BCUT2D eigenvalue weighted by Gasteiger charge is -2.12. The molecule has 0 saturated heterocycles. The number of fused-ring (bicyclic) bond motifs is 3. The van der Waals surface area contributed by atoms with Crippen molar-refractivity contribution in [3.63, 3.8) is 0 Å². The van der Waals surface area contributed by atoms with Crippen molar-refractivity contribution < 1.29 is 13.9 Å². The van der Waals surface area contributed by atoms with Gasteiger partial charge in [-0.05, 0) is 52.4 Å². The Morgan fingerprint density at radius 2 is 1.92 bits per heavy atom. The molecule has 4 rings (SSSR count). The first-order chi connectivity index (χ1) is 12.5. The lowest BCUT2D eigenvalue weighted by Crippen LogP contribution is -2.06. The average Bonchev–Trinajstić information content (AvgIpc) is 3.12. The molecule has 0 aliphatic rings. The minimum atomic E-state index is -2.18. The molecule has 0 fully saturated rings. The molecule has 2 aromatic carbocycles. The Kier molecular flexibility index (Phi) is 4.23. The van der Waals surface area contributed by atoms with Crippen LogP contribution in [0.1, 0.15) is 0 Å². The van der Waals surface area contributed by atoms with Gasteiger partial charge in [0.25, 0.3) is 5.56 Å². The number of hydrogen-bond donors (Lipinski definition) is 3. The van der Waals surface area contributed by atoms with Crippen LogP contribution in [-0.4, -0.2) is 24.7 Å². The van der Waals surface area contributed by atoms with E-state index in [0.717, 1.165) is 16.3 Å². The topological polar surface area (TPSA) is 105 Å². The van der Waals surface area contributed by atoms with Crippen LogP contribution in [0.25, 0.3) is 32.1 Å². The van der Waals surface area contributed by atoms with E-state index >= 15 is 0 Å². The average molecular weight is 385 g/mol. The third kappa shape index (κ3) is 2.88. The number of H-pyrrole nitrogens is 1. The van der Waals surface area contributed by atoms with E-state index in [2.05, 4.69) is 10.3 Å². The highest BCUT2D eigenvalue weighted by molar-refractivity contribution is 7.79. The number of aromatic amines is 1. The zero-order valence-electron chi connectivity index (χ0n) is 13.3. The van der Waals surface area contributed by atoms with Crippen LogP contribution < -0.4 is 10.9 Å². The number of benzene rings is 2. The zero-order valence-corrected chi connectivity index (χ0v) is 14.9. The SMILES string of the molecule is O=c1[nH]c2ccc(O)c(-c3ccc(NCS(=O)[O-])cc3)c2c2ccsc12. The maximum Gasteiger partial charge on any atom is 0.266 e. The van der Waals surface area contributed by atoms with Gasteiger partial charge in [0.2, 0.25) is 0 Å². The summed E-state index contributed by atoms with van der Waals surface area (Å²) in [7, 11) is 0. The van der Waals surface area contributed by atoms with Gasteiger partial charge in [-0.25, -0.2) is 0 Å². The Balaban J connectivity index is 1.91. The standard InChI is InChI=1S/C18H14N2O4S2/c21-14-6-5-13-16(12-7-8-25-17(12)18(22)20-13)15(14)10-1-3-11(4-2-10)19-9-26(23)24/h1-8,19,21H,9H2,(H,20,22)(H,23,24)/p-1. The highest BCUT2D eigenvalue weighted by Crippen LogP contribution is 2.39. The second kappa shape index (κ2) is 6.56. The van der Waals surface area contributed by atoms with Gasteiger partial charge >= 0.3 is 0 Å². The van der Waals surface area contributed by atoms with Crippen LogP contribution in [0.4, 0.5) is 5.69 Å². The Morgan fingerprint density at radius 3 is 2.65 bits per heavy atom. The van der Waals surface area contributed by atoms with Crippen molar-refractivity contribution in [2.45, 2.75) is 0 Å². The smallest absolute Gasteiger partial charge is 0.266 e. The number of hydrogen-bond acceptors (Lipinski definition) is 6. The molecular weight excluding hydrogens is 372 g/mol. The second-order valence-corrected chi connectivity index (χ2v) is 7.51. The normalized spacial score (nSPS) is 12.5. The summed E-state index contributed by atoms with van der Waals surface area (Å²) in [6.45, 7) is 0. The van der Waals surface area contributed by atoms with Gasteiger partial charge in [0.05, 0.1) is 5.88 Å². The van der Waals surface area contributed by atoms with Crippen molar-refractivity contribution in [3.05, 3.63) is 58.2 Å². The molecule has 4 aromatic rings. The van der Waals surface area contributed by atoms with Crippen molar-refractivity contribution in [1.82, 2.24) is 4.98 Å². The number of aromatic hydroxyl groups is 1. The van der Waals surface area contributed by atoms with Crippen LogP contribution in [0.2, 0.25) is 0 Å². The van der Waals surface area contributed by atoms with Gasteiger partial charge in [-0.3, -0.25) is 9.00 Å². The quantitative estimate of drug-likeness (QED) is 0.467. The Morgan fingerprint density at radius 1 is 1.15 bits per heavy atom. The lowest BCUT2D eigenvalue weighted by atomic mass is 9.97. The largest absolute Gasteiger partial charge is 0.771 e. The fraction of sp³-hybridized carbons (Fsp3) is 0.0556. The molecule has 0 amide bonds. The first-order valence-electron chi connectivity index (χ1n) is 7.70. The molecular formula is C18H13N2O4S2-. The van der Waals surface area contributed by atoms with Crippen molar-refractivity contribution in [3.8, 4) is 16.9 Å². The highest BCUT2D eigenvalue weighted by Gasteiger charge is 2.15. The minimum Gasteiger partial charge on any atom is -0.771 e. The molecule has 8 heteroatoms. The van der Waals surface area contributed by atoms with Crippen LogP contribution in [0.15, 0.2) is 52.6 Å². The Bertz CT molecular complexity index is 1200. The zero-order chi connectivity index (χ0) is 18.3. The van der Waals surface area contributed by atoms with Gasteiger partial charge in [0, 0.05) is 27.5 Å². The fourth-order valence-electron chi connectivity index (χ4n) is 3.03. The van der Waals surface area contributed by atoms with Crippen molar-refractivity contribution in [2.75, 3.05) is 11.2 Å². The monoisotopic (exact) mass is 385 g/mol. The number of pyridine rings is 1. The summed E-state index contributed by atoms with van der Waals surface area (Å²) < 4.78 is 21.9. The predicted octanol–water partition coefficient (Wildman–Crippen LogP) is 3.36. The predicted molar refractivity (Wildman–Crippen MR) is 104 cm³/mol. The number of thiophene rings is 1. The summed E-state index contributed by atoms with van der Waals surface area (Å²) >= 11 is -0.820. The molecule has 0 aliphatic heterocycles. The number of phenols is 1. The summed E-state index contributed by atoms with van der Waals surface area (Å²) in [5.74, 6) is -0.0614. The van der Waals surface area contributed by atoms with Crippen molar-refractivity contribution >= 4 is 49.1 Å². The molecule has 26 heavy (non-hydrogen) atoms. The maximum absolute atomic E-state index is 12.2. The lowest BCUT2D eigenvalue weighted by molar-refractivity contribution is 0.478. The van der Waals surface area contributed by atoms with E-state index in [-0.39, 0.29) is 17.2 Å². The third-order valence-electron chi connectivity index (χ3n) is 4.14. The van der Waals surface area contributed by atoms with E-state index in [4.69, 9.17) is 0 Å². The summed E-state index contributed by atoms with van der Waals surface area (Å²) in [5.41, 5.74) is 2.55. The van der Waals surface area contributed by atoms with E-state index in [1.807, 2.05) is 11.4 Å². The molecule has 2 aromatic heterocycles. The minimum absolute atomic E-state index is 0.110. The molecule has 0 spiro atoms. The van der Waals surface area contributed by atoms with Gasteiger partial charge in [0.15, 0.2) is 0 Å². The van der Waals surface area contributed by atoms with E-state index in [9.17, 15) is 18.7 Å². The molecule has 2 heterocycles. The summed E-state index contributed by atoms with van der Waals surface area (Å²) in [5, 5.41) is 16.7. The van der Waals surface area contributed by atoms with Gasteiger partial charge in [-0.1, -0.05) is 12.1 Å². The molecule has 1 atom stereocenters.